The van der Waals surface area contributed by atoms with E-state index in [0.29, 0.717) is 17.9 Å². The van der Waals surface area contributed by atoms with E-state index in [1.54, 1.807) is 11.8 Å². The molecule has 178 valence electrons. The van der Waals surface area contributed by atoms with Gasteiger partial charge in [-0.25, -0.2) is 13.1 Å². The van der Waals surface area contributed by atoms with E-state index in [0.717, 1.165) is 33.7 Å². The van der Waals surface area contributed by atoms with Crippen LogP contribution in [-0.2, 0) is 10.0 Å². The molecule has 0 radical (unpaired) electrons. The molecule has 2 heterocycles. The van der Waals surface area contributed by atoms with Gasteiger partial charge in [-0.05, 0) is 36.8 Å². The van der Waals surface area contributed by atoms with Gasteiger partial charge in [0.05, 0.1) is 30.8 Å². The first-order valence-electron chi connectivity index (χ1n) is 11.3. The summed E-state index contributed by atoms with van der Waals surface area (Å²) < 4.78 is 34.3. The second-order valence-corrected chi connectivity index (χ2v) is 10.4. The fourth-order valence-corrected chi connectivity index (χ4v) is 5.24. The molecule has 4 aromatic rings. The third-order valence-electron chi connectivity index (χ3n) is 6.08. The molecule has 7 nitrogen and oxygen atoms in total. The van der Waals surface area contributed by atoms with Crippen molar-refractivity contribution >= 4 is 15.7 Å². The minimum atomic E-state index is -3.64. The summed E-state index contributed by atoms with van der Waals surface area (Å²) >= 11 is 0. The highest BCUT2D eigenvalue weighted by Crippen LogP contribution is 2.41. The van der Waals surface area contributed by atoms with E-state index in [4.69, 9.17) is 9.84 Å². The van der Waals surface area contributed by atoms with Crippen LogP contribution in [0.1, 0.15) is 29.2 Å². The van der Waals surface area contributed by atoms with Crippen molar-refractivity contribution in [3.63, 3.8) is 0 Å². The molecule has 0 N–H and O–H groups in total. The second kappa shape index (κ2) is 9.03. The van der Waals surface area contributed by atoms with E-state index in [1.807, 2.05) is 92.0 Å². The number of rotatable bonds is 6. The van der Waals surface area contributed by atoms with Gasteiger partial charge in [0, 0.05) is 23.7 Å². The maximum Gasteiger partial charge on any atom is 0.247 e. The number of methoxy groups -OCH3 is 1. The SMILES string of the molecule is COc1ccccc1-c1nn(-c2ccccc2)cc1[C@H]1CC(c2ccc(C)cc2)=NN1S(C)(=O)=O. The molecule has 1 aliphatic rings. The highest BCUT2D eigenvalue weighted by atomic mass is 32.2. The van der Waals surface area contributed by atoms with Gasteiger partial charge in [0.2, 0.25) is 10.0 Å². The quantitative estimate of drug-likeness (QED) is 0.386. The highest BCUT2D eigenvalue weighted by molar-refractivity contribution is 7.88. The van der Waals surface area contributed by atoms with Gasteiger partial charge < -0.3 is 4.74 Å². The molecule has 0 saturated heterocycles. The van der Waals surface area contributed by atoms with E-state index in [-0.39, 0.29) is 0 Å². The van der Waals surface area contributed by atoms with Crippen LogP contribution in [0.2, 0.25) is 0 Å². The number of sulfonamides is 1. The van der Waals surface area contributed by atoms with Gasteiger partial charge in [0.15, 0.2) is 0 Å². The Hall–Kier alpha value is -3.91. The van der Waals surface area contributed by atoms with E-state index in [9.17, 15) is 8.42 Å². The molecule has 1 atom stereocenters. The summed E-state index contributed by atoms with van der Waals surface area (Å²) in [6.45, 7) is 2.02. The maximum atomic E-state index is 12.9. The van der Waals surface area contributed by atoms with Gasteiger partial charge in [0.25, 0.3) is 0 Å². The van der Waals surface area contributed by atoms with Crippen LogP contribution in [-0.4, -0.2) is 41.7 Å². The number of aromatic nitrogens is 2. The van der Waals surface area contributed by atoms with Crippen LogP contribution in [0, 0.1) is 6.92 Å². The lowest BCUT2D eigenvalue weighted by molar-refractivity contribution is 0.375. The number of para-hydroxylation sites is 2. The first-order chi connectivity index (χ1) is 16.8. The van der Waals surface area contributed by atoms with Crippen molar-refractivity contribution in [2.45, 2.75) is 19.4 Å². The van der Waals surface area contributed by atoms with Crippen LogP contribution in [0.25, 0.3) is 16.9 Å². The van der Waals surface area contributed by atoms with Crippen molar-refractivity contribution in [3.8, 4) is 22.7 Å². The fourth-order valence-electron chi connectivity index (χ4n) is 4.34. The Morgan fingerprint density at radius 2 is 1.63 bits per heavy atom. The van der Waals surface area contributed by atoms with Crippen molar-refractivity contribution in [1.29, 1.82) is 0 Å². The van der Waals surface area contributed by atoms with Crippen molar-refractivity contribution in [3.05, 3.63) is 102 Å². The maximum absolute atomic E-state index is 12.9. The number of ether oxygens (including phenoxy) is 1. The number of hydrogen-bond acceptors (Lipinski definition) is 5. The van der Waals surface area contributed by atoms with Crippen molar-refractivity contribution in [2.75, 3.05) is 13.4 Å². The number of hydrogen-bond donors (Lipinski definition) is 0. The molecule has 8 heteroatoms. The molecular formula is C27H26N4O3S. The molecule has 0 spiro atoms. The molecule has 0 fully saturated rings. The Morgan fingerprint density at radius 3 is 2.31 bits per heavy atom. The molecule has 35 heavy (non-hydrogen) atoms. The van der Waals surface area contributed by atoms with Crippen LogP contribution >= 0.6 is 0 Å². The zero-order valence-electron chi connectivity index (χ0n) is 19.8. The lowest BCUT2D eigenvalue weighted by atomic mass is 9.96. The molecule has 3 aromatic carbocycles. The third-order valence-corrected chi connectivity index (χ3v) is 7.10. The number of benzene rings is 3. The van der Waals surface area contributed by atoms with E-state index >= 15 is 0 Å². The summed E-state index contributed by atoms with van der Waals surface area (Å²) in [4.78, 5) is 0. The minimum absolute atomic E-state index is 0.429. The van der Waals surface area contributed by atoms with Crippen molar-refractivity contribution in [1.82, 2.24) is 14.2 Å². The highest BCUT2D eigenvalue weighted by Gasteiger charge is 2.37. The summed E-state index contributed by atoms with van der Waals surface area (Å²) in [5.41, 5.74) is 5.83. The smallest absolute Gasteiger partial charge is 0.247 e. The molecule has 0 aliphatic carbocycles. The van der Waals surface area contributed by atoms with E-state index < -0.39 is 16.1 Å². The zero-order valence-corrected chi connectivity index (χ0v) is 20.6. The molecule has 0 saturated carbocycles. The fraction of sp³-hybridized carbons (Fsp3) is 0.185. The molecule has 0 amide bonds. The summed E-state index contributed by atoms with van der Waals surface area (Å²) in [6, 6.07) is 24.8. The molecule has 0 bridgehead atoms. The monoisotopic (exact) mass is 486 g/mol. The standard InChI is InChI=1S/C27H26N4O3S/c1-19-13-15-20(16-14-19)24-17-25(31(28-24)35(3,32)33)23-18-30(21-9-5-4-6-10-21)29-27(23)22-11-7-8-12-26(22)34-2/h4-16,18,25H,17H2,1-3H3/t25-/m1/s1. The Kier molecular flexibility index (Phi) is 5.90. The lowest BCUT2D eigenvalue weighted by Gasteiger charge is -2.21. The Balaban J connectivity index is 1.67. The predicted molar refractivity (Wildman–Crippen MR) is 137 cm³/mol. The zero-order chi connectivity index (χ0) is 24.6. The topological polar surface area (TPSA) is 76.8 Å². The molecule has 5 rings (SSSR count). The van der Waals surface area contributed by atoms with Gasteiger partial charge in [0.1, 0.15) is 11.4 Å². The van der Waals surface area contributed by atoms with Gasteiger partial charge in [-0.1, -0.05) is 60.2 Å². The second-order valence-electron chi connectivity index (χ2n) is 8.58. The lowest BCUT2D eigenvalue weighted by Crippen LogP contribution is -2.26. The average molecular weight is 487 g/mol. The minimum Gasteiger partial charge on any atom is -0.496 e. The summed E-state index contributed by atoms with van der Waals surface area (Å²) in [5.74, 6) is 0.663. The van der Waals surface area contributed by atoms with Gasteiger partial charge in [-0.3, -0.25) is 0 Å². The summed E-state index contributed by atoms with van der Waals surface area (Å²) in [6.07, 6.45) is 3.51. The molecule has 1 aromatic heterocycles. The molecule has 0 unspecified atom stereocenters. The molecular weight excluding hydrogens is 460 g/mol. The summed E-state index contributed by atoms with van der Waals surface area (Å²) in [5, 5.41) is 9.46. The third kappa shape index (κ3) is 4.44. The Bertz CT molecular complexity index is 1490. The predicted octanol–water partition coefficient (Wildman–Crippen LogP) is 4.97. The van der Waals surface area contributed by atoms with Crippen LogP contribution in [0.15, 0.2) is 90.2 Å². The van der Waals surface area contributed by atoms with Crippen LogP contribution in [0.4, 0.5) is 0 Å². The van der Waals surface area contributed by atoms with Crippen LogP contribution in [0.3, 0.4) is 0 Å². The number of nitrogens with zero attached hydrogens (tertiary/aromatic N) is 4. The largest absolute Gasteiger partial charge is 0.496 e. The normalized spacial score (nSPS) is 15.8. The van der Waals surface area contributed by atoms with Crippen molar-refractivity contribution < 1.29 is 13.2 Å². The molecule has 1 aliphatic heterocycles. The van der Waals surface area contributed by atoms with E-state index in [1.165, 1.54) is 10.7 Å². The first-order valence-corrected chi connectivity index (χ1v) is 13.1. The number of hydrazone groups is 1. The van der Waals surface area contributed by atoms with Crippen molar-refractivity contribution in [2.24, 2.45) is 5.10 Å². The van der Waals surface area contributed by atoms with Gasteiger partial charge in [-0.15, -0.1) is 0 Å². The van der Waals surface area contributed by atoms with Crippen LogP contribution in [0.5, 0.6) is 5.75 Å². The van der Waals surface area contributed by atoms with Gasteiger partial charge in [-0.2, -0.15) is 14.6 Å². The van der Waals surface area contributed by atoms with Gasteiger partial charge >= 0.3 is 0 Å². The number of aryl methyl sites for hydroxylation is 1. The van der Waals surface area contributed by atoms with E-state index in [2.05, 4.69) is 5.10 Å². The van der Waals surface area contributed by atoms with Crippen LogP contribution < -0.4 is 4.74 Å². The summed E-state index contributed by atoms with van der Waals surface area (Å²) in [7, 11) is -2.03. The Labute approximate surface area is 205 Å². The average Bonchev–Trinajstić information content (AvgIpc) is 3.50. The Morgan fingerprint density at radius 1 is 0.943 bits per heavy atom. The first kappa shape index (κ1) is 22.9.